The van der Waals surface area contributed by atoms with E-state index in [2.05, 4.69) is 5.32 Å². The zero-order valence-electron chi connectivity index (χ0n) is 7.80. The summed E-state index contributed by atoms with van der Waals surface area (Å²) >= 11 is 0. The predicted molar refractivity (Wildman–Crippen MR) is 45.8 cm³/mol. The van der Waals surface area contributed by atoms with Crippen LogP contribution in [0.5, 0.6) is 0 Å². The summed E-state index contributed by atoms with van der Waals surface area (Å²) in [5.41, 5.74) is 0. The fourth-order valence-electron chi connectivity index (χ4n) is 2.81. The van der Waals surface area contributed by atoms with E-state index in [-0.39, 0.29) is 5.79 Å². The lowest BCUT2D eigenvalue weighted by Crippen LogP contribution is -2.54. The second kappa shape index (κ2) is 2.98. The van der Waals surface area contributed by atoms with Crippen LogP contribution in [0.1, 0.15) is 12.8 Å². The van der Waals surface area contributed by atoms with Gasteiger partial charge in [0, 0.05) is 39.1 Å². The number of hydrogen-bond donors (Lipinski definition) is 1. The Labute approximate surface area is 73.4 Å². The Kier molecular flexibility index (Phi) is 2.10. The molecule has 70 valence electrons. The van der Waals surface area contributed by atoms with Gasteiger partial charge in [-0.2, -0.15) is 0 Å². The van der Waals surface area contributed by atoms with Crippen molar-refractivity contribution < 1.29 is 9.47 Å². The summed E-state index contributed by atoms with van der Waals surface area (Å²) in [6.45, 7) is 2.08. The molecule has 0 aromatic carbocycles. The molecule has 1 saturated heterocycles. The van der Waals surface area contributed by atoms with Crippen molar-refractivity contribution >= 4 is 0 Å². The molecule has 0 aromatic rings. The van der Waals surface area contributed by atoms with Crippen LogP contribution >= 0.6 is 0 Å². The first-order valence-electron chi connectivity index (χ1n) is 4.64. The highest BCUT2D eigenvalue weighted by molar-refractivity contribution is 4.98. The Bertz CT molecular complexity index is 150. The van der Waals surface area contributed by atoms with Crippen LogP contribution in [0.3, 0.4) is 0 Å². The zero-order valence-corrected chi connectivity index (χ0v) is 7.80. The second-order valence-electron chi connectivity index (χ2n) is 3.76. The Morgan fingerprint density at radius 2 is 1.58 bits per heavy atom. The van der Waals surface area contributed by atoms with Crippen molar-refractivity contribution in [3.8, 4) is 0 Å². The number of fused-ring (bicyclic) bond motifs is 2. The highest BCUT2D eigenvalue weighted by Gasteiger charge is 2.53. The van der Waals surface area contributed by atoms with E-state index in [1.54, 1.807) is 14.2 Å². The van der Waals surface area contributed by atoms with E-state index in [9.17, 15) is 0 Å². The molecule has 2 rings (SSSR count). The molecule has 1 aliphatic heterocycles. The number of nitrogens with one attached hydrogen (secondary N) is 1. The molecule has 3 nitrogen and oxygen atoms in total. The summed E-state index contributed by atoms with van der Waals surface area (Å²) < 4.78 is 11.1. The third-order valence-corrected chi connectivity index (χ3v) is 3.42. The third-order valence-electron chi connectivity index (χ3n) is 3.42. The van der Waals surface area contributed by atoms with Gasteiger partial charge >= 0.3 is 0 Å². The van der Waals surface area contributed by atoms with Gasteiger partial charge < -0.3 is 14.8 Å². The van der Waals surface area contributed by atoms with E-state index < -0.39 is 0 Å². The molecule has 1 heterocycles. The second-order valence-corrected chi connectivity index (χ2v) is 3.76. The van der Waals surface area contributed by atoms with Crippen LogP contribution in [-0.2, 0) is 9.47 Å². The van der Waals surface area contributed by atoms with E-state index in [0.717, 1.165) is 13.1 Å². The van der Waals surface area contributed by atoms with E-state index >= 15 is 0 Å². The summed E-state index contributed by atoms with van der Waals surface area (Å²) in [4.78, 5) is 0. The van der Waals surface area contributed by atoms with E-state index in [4.69, 9.17) is 9.47 Å². The SMILES string of the molecule is COC1(OC)C2CCC1CNC2. The minimum absolute atomic E-state index is 0.273. The monoisotopic (exact) mass is 171 g/mol. The van der Waals surface area contributed by atoms with Gasteiger partial charge in [-0.15, -0.1) is 0 Å². The molecule has 2 fully saturated rings. The molecule has 0 radical (unpaired) electrons. The quantitative estimate of drug-likeness (QED) is 0.617. The van der Waals surface area contributed by atoms with Crippen LogP contribution < -0.4 is 5.32 Å². The molecule has 0 spiro atoms. The average Bonchev–Trinajstić information content (AvgIpc) is 2.33. The highest BCUT2D eigenvalue weighted by atomic mass is 16.7. The molecule has 1 N–H and O–H groups in total. The molecule has 2 atom stereocenters. The lowest BCUT2D eigenvalue weighted by molar-refractivity contribution is -0.258. The molecule has 1 aliphatic carbocycles. The zero-order chi connectivity index (χ0) is 8.60. The number of hydrogen-bond acceptors (Lipinski definition) is 3. The predicted octanol–water partition coefficient (Wildman–Crippen LogP) is 0.605. The van der Waals surface area contributed by atoms with Crippen molar-refractivity contribution in [1.82, 2.24) is 5.32 Å². The smallest absolute Gasteiger partial charge is 0.175 e. The fourth-order valence-corrected chi connectivity index (χ4v) is 2.81. The molecule has 0 aromatic heterocycles. The first-order valence-corrected chi connectivity index (χ1v) is 4.64. The van der Waals surface area contributed by atoms with Crippen LogP contribution in [-0.4, -0.2) is 33.1 Å². The molecule has 2 bridgehead atoms. The lowest BCUT2D eigenvalue weighted by atomic mass is 9.92. The minimum atomic E-state index is -0.273. The Balaban J connectivity index is 2.22. The van der Waals surface area contributed by atoms with E-state index in [1.807, 2.05) is 0 Å². The molecular formula is C9H17NO2. The maximum atomic E-state index is 5.55. The molecule has 3 heteroatoms. The van der Waals surface area contributed by atoms with Gasteiger partial charge in [0.15, 0.2) is 5.79 Å². The number of rotatable bonds is 2. The van der Waals surface area contributed by atoms with Crippen molar-refractivity contribution in [2.24, 2.45) is 11.8 Å². The van der Waals surface area contributed by atoms with E-state index in [0.29, 0.717) is 11.8 Å². The van der Waals surface area contributed by atoms with Crippen LogP contribution in [0.15, 0.2) is 0 Å². The molecular weight excluding hydrogens is 154 g/mol. The van der Waals surface area contributed by atoms with Gasteiger partial charge in [0.2, 0.25) is 0 Å². The summed E-state index contributed by atoms with van der Waals surface area (Å²) in [5, 5.41) is 3.41. The first-order chi connectivity index (χ1) is 5.83. The fraction of sp³-hybridized carbons (Fsp3) is 1.00. The number of ether oxygens (including phenoxy) is 2. The van der Waals surface area contributed by atoms with Crippen LogP contribution in [0.25, 0.3) is 0 Å². The minimum Gasteiger partial charge on any atom is -0.353 e. The third kappa shape index (κ3) is 0.934. The highest BCUT2D eigenvalue weighted by Crippen LogP contribution is 2.45. The average molecular weight is 171 g/mol. The Morgan fingerprint density at radius 1 is 1.08 bits per heavy atom. The van der Waals surface area contributed by atoms with Crippen molar-refractivity contribution in [2.75, 3.05) is 27.3 Å². The maximum Gasteiger partial charge on any atom is 0.175 e. The molecule has 2 aliphatic rings. The summed E-state index contributed by atoms with van der Waals surface area (Å²) in [6, 6.07) is 0. The molecule has 2 unspecified atom stereocenters. The van der Waals surface area contributed by atoms with Gasteiger partial charge in [-0.25, -0.2) is 0 Å². The van der Waals surface area contributed by atoms with Crippen LogP contribution in [0, 0.1) is 11.8 Å². The number of piperidine rings is 1. The van der Waals surface area contributed by atoms with Gasteiger partial charge in [0.05, 0.1) is 0 Å². The van der Waals surface area contributed by atoms with Gasteiger partial charge in [0.25, 0.3) is 0 Å². The summed E-state index contributed by atoms with van der Waals surface area (Å²) in [6.07, 6.45) is 2.47. The van der Waals surface area contributed by atoms with Gasteiger partial charge in [-0.05, 0) is 12.8 Å². The summed E-state index contributed by atoms with van der Waals surface area (Å²) in [7, 11) is 3.53. The first kappa shape index (κ1) is 8.48. The molecule has 1 saturated carbocycles. The Hall–Kier alpha value is -0.120. The Morgan fingerprint density at radius 3 is 1.92 bits per heavy atom. The normalized spacial score (nSPS) is 38.5. The van der Waals surface area contributed by atoms with Crippen LogP contribution in [0.4, 0.5) is 0 Å². The van der Waals surface area contributed by atoms with Crippen molar-refractivity contribution in [1.29, 1.82) is 0 Å². The molecule has 12 heavy (non-hydrogen) atoms. The lowest BCUT2D eigenvalue weighted by Gasteiger charge is -2.41. The number of methoxy groups -OCH3 is 2. The van der Waals surface area contributed by atoms with Crippen molar-refractivity contribution in [3.05, 3.63) is 0 Å². The topological polar surface area (TPSA) is 30.5 Å². The van der Waals surface area contributed by atoms with Crippen molar-refractivity contribution in [2.45, 2.75) is 18.6 Å². The molecule has 0 amide bonds. The maximum absolute atomic E-state index is 5.55. The van der Waals surface area contributed by atoms with Gasteiger partial charge in [0.1, 0.15) is 0 Å². The van der Waals surface area contributed by atoms with Gasteiger partial charge in [-0.3, -0.25) is 0 Å². The standard InChI is InChI=1S/C9H17NO2/c1-11-9(12-2)7-3-4-8(9)6-10-5-7/h7-8,10H,3-6H2,1-2H3. The van der Waals surface area contributed by atoms with Crippen molar-refractivity contribution in [3.63, 3.8) is 0 Å². The van der Waals surface area contributed by atoms with E-state index in [1.165, 1.54) is 12.8 Å². The largest absolute Gasteiger partial charge is 0.353 e. The van der Waals surface area contributed by atoms with Crippen LogP contribution in [0.2, 0.25) is 0 Å². The van der Waals surface area contributed by atoms with Gasteiger partial charge in [-0.1, -0.05) is 0 Å². The summed E-state index contributed by atoms with van der Waals surface area (Å²) in [5.74, 6) is 0.822.